The van der Waals surface area contributed by atoms with Gasteiger partial charge in [0.15, 0.2) is 9.84 Å². The van der Waals surface area contributed by atoms with Crippen molar-refractivity contribution in [2.45, 2.75) is 42.7 Å². The lowest BCUT2D eigenvalue weighted by molar-refractivity contribution is 0.490. The summed E-state index contributed by atoms with van der Waals surface area (Å²) in [7, 11) is -3.14. The minimum atomic E-state index is -3.14. The Labute approximate surface area is 112 Å². The van der Waals surface area contributed by atoms with Crippen molar-refractivity contribution in [1.29, 1.82) is 0 Å². The number of hydrogen-bond acceptors (Lipinski definition) is 3. The van der Waals surface area contributed by atoms with Crippen LogP contribution in [0.1, 0.15) is 37.3 Å². The molecule has 1 aromatic rings. The molecule has 0 amide bonds. The maximum Gasteiger partial charge on any atom is 0.178 e. The Balaban J connectivity index is 2.06. The van der Waals surface area contributed by atoms with E-state index in [9.17, 15) is 8.42 Å². The molecule has 0 spiro atoms. The predicted molar refractivity (Wildman–Crippen MR) is 71.6 cm³/mol. The molecule has 1 unspecified atom stereocenters. The number of nitrogens with one attached hydrogen (secondary N) is 1. The molecule has 0 radical (unpaired) electrons. The molecule has 1 aliphatic heterocycles. The van der Waals surface area contributed by atoms with Crippen LogP contribution in [0, 0.1) is 0 Å². The van der Waals surface area contributed by atoms with Crippen LogP contribution in [0.3, 0.4) is 0 Å². The van der Waals surface area contributed by atoms with E-state index in [1.807, 2.05) is 0 Å². The highest BCUT2D eigenvalue weighted by atomic mass is 35.5. The molecule has 1 N–H and O–H groups in total. The fourth-order valence-corrected chi connectivity index (χ4v) is 4.31. The van der Waals surface area contributed by atoms with E-state index in [-0.39, 0.29) is 11.8 Å². The fraction of sp³-hybridized carbons (Fsp3) is 0.538. The van der Waals surface area contributed by atoms with Crippen LogP contribution in [0.15, 0.2) is 23.1 Å². The molecule has 0 bridgehead atoms. The quantitative estimate of drug-likeness (QED) is 0.909. The Bertz CT molecular complexity index is 566. The summed E-state index contributed by atoms with van der Waals surface area (Å²) in [5, 5.41) is 4.14. The van der Waals surface area contributed by atoms with Gasteiger partial charge in [-0.1, -0.05) is 11.6 Å². The van der Waals surface area contributed by atoms with E-state index >= 15 is 0 Å². The van der Waals surface area contributed by atoms with Gasteiger partial charge in [-0.3, -0.25) is 0 Å². The third-order valence-corrected chi connectivity index (χ3v) is 5.71. The van der Waals surface area contributed by atoms with Crippen molar-refractivity contribution in [1.82, 2.24) is 5.32 Å². The van der Waals surface area contributed by atoms with Gasteiger partial charge in [0.05, 0.1) is 10.6 Å². The highest BCUT2D eigenvalue weighted by molar-refractivity contribution is 7.91. The van der Waals surface area contributed by atoms with Crippen LogP contribution >= 0.6 is 11.6 Å². The van der Waals surface area contributed by atoms with E-state index in [1.54, 1.807) is 18.2 Å². The molecule has 0 aromatic heterocycles. The first kappa shape index (κ1) is 12.5. The van der Waals surface area contributed by atoms with Crippen molar-refractivity contribution in [3.05, 3.63) is 28.8 Å². The molecule has 1 saturated carbocycles. The summed E-state index contributed by atoms with van der Waals surface area (Å²) in [5.74, 6) is 0.241. The van der Waals surface area contributed by atoms with Gasteiger partial charge in [0.25, 0.3) is 0 Å². The number of benzene rings is 1. The SMILES string of the molecule is O=S1(=O)CCCC(NC2CC2)c2cc(Cl)ccc21. The van der Waals surface area contributed by atoms with Crippen molar-refractivity contribution in [3.8, 4) is 0 Å². The minimum Gasteiger partial charge on any atom is -0.307 e. The van der Waals surface area contributed by atoms with Gasteiger partial charge >= 0.3 is 0 Å². The summed E-state index contributed by atoms with van der Waals surface area (Å²) in [4.78, 5) is 0.461. The lowest BCUT2D eigenvalue weighted by atomic mass is 10.0. The molecule has 98 valence electrons. The first-order chi connectivity index (χ1) is 8.56. The molecule has 2 aliphatic rings. The molecular formula is C13H16ClNO2S. The van der Waals surface area contributed by atoms with E-state index in [0.29, 0.717) is 22.4 Å². The van der Waals surface area contributed by atoms with E-state index < -0.39 is 9.84 Å². The zero-order valence-electron chi connectivity index (χ0n) is 10.0. The van der Waals surface area contributed by atoms with Crippen molar-refractivity contribution in [2.75, 3.05) is 5.75 Å². The van der Waals surface area contributed by atoms with Crippen molar-refractivity contribution in [2.24, 2.45) is 0 Å². The van der Waals surface area contributed by atoms with Crippen LogP contribution in [-0.2, 0) is 9.84 Å². The Morgan fingerprint density at radius 3 is 2.72 bits per heavy atom. The van der Waals surface area contributed by atoms with Gasteiger partial charge in [-0.25, -0.2) is 8.42 Å². The molecule has 5 heteroatoms. The van der Waals surface area contributed by atoms with E-state index in [4.69, 9.17) is 11.6 Å². The zero-order chi connectivity index (χ0) is 12.8. The van der Waals surface area contributed by atoms with Crippen LogP contribution in [0.4, 0.5) is 0 Å². The first-order valence-corrected chi connectivity index (χ1v) is 8.37. The predicted octanol–water partition coefficient (Wildman–Crippen LogP) is 2.70. The fourth-order valence-electron chi connectivity index (χ4n) is 2.53. The summed E-state index contributed by atoms with van der Waals surface area (Å²) in [5.41, 5.74) is 0.854. The van der Waals surface area contributed by atoms with E-state index in [2.05, 4.69) is 5.32 Å². The second-order valence-corrected chi connectivity index (χ2v) is 7.65. The normalized spacial score (nSPS) is 26.4. The number of sulfone groups is 1. The Morgan fingerprint density at radius 2 is 2.00 bits per heavy atom. The lowest BCUT2D eigenvalue weighted by Crippen LogP contribution is -2.23. The van der Waals surface area contributed by atoms with Crippen molar-refractivity contribution < 1.29 is 8.42 Å². The van der Waals surface area contributed by atoms with Crippen molar-refractivity contribution in [3.63, 3.8) is 0 Å². The maximum absolute atomic E-state index is 12.2. The van der Waals surface area contributed by atoms with Crippen LogP contribution in [0.25, 0.3) is 0 Å². The summed E-state index contributed by atoms with van der Waals surface area (Å²) in [6.07, 6.45) is 3.96. The summed E-state index contributed by atoms with van der Waals surface area (Å²) >= 11 is 6.02. The van der Waals surface area contributed by atoms with Gasteiger partial charge in [0.2, 0.25) is 0 Å². The van der Waals surface area contributed by atoms with Gasteiger partial charge in [-0.15, -0.1) is 0 Å². The standard InChI is InChI=1S/C13H16ClNO2S/c14-9-3-6-13-11(8-9)12(15-10-4-5-10)2-1-7-18(13,16)17/h3,6,8,10,12,15H,1-2,4-5,7H2. The van der Waals surface area contributed by atoms with Gasteiger partial charge < -0.3 is 5.32 Å². The van der Waals surface area contributed by atoms with Gasteiger partial charge in [0, 0.05) is 17.1 Å². The molecule has 1 atom stereocenters. The monoisotopic (exact) mass is 285 g/mol. The average molecular weight is 286 g/mol. The lowest BCUT2D eigenvalue weighted by Gasteiger charge is -2.18. The summed E-state index contributed by atoms with van der Waals surface area (Å²) in [6.45, 7) is 0. The Morgan fingerprint density at radius 1 is 1.22 bits per heavy atom. The highest BCUT2D eigenvalue weighted by Crippen LogP contribution is 2.35. The molecule has 1 aliphatic carbocycles. The van der Waals surface area contributed by atoms with Gasteiger partial charge in [-0.05, 0) is 49.4 Å². The number of hydrogen-bond donors (Lipinski definition) is 1. The molecule has 3 rings (SSSR count). The third-order valence-electron chi connectivity index (χ3n) is 3.60. The molecular weight excluding hydrogens is 270 g/mol. The molecule has 1 aromatic carbocycles. The topological polar surface area (TPSA) is 46.2 Å². The van der Waals surface area contributed by atoms with E-state index in [1.165, 1.54) is 12.8 Å². The summed E-state index contributed by atoms with van der Waals surface area (Å²) < 4.78 is 24.4. The summed E-state index contributed by atoms with van der Waals surface area (Å²) in [6, 6.07) is 5.81. The van der Waals surface area contributed by atoms with Crippen LogP contribution in [0.2, 0.25) is 5.02 Å². The second-order valence-electron chi connectivity index (χ2n) is 5.14. The number of rotatable bonds is 2. The Kier molecular flexibility index (Phi) is 3.12. The highest BCUT2D eigenvalue weighted by Gasteiger charge is 2.31. The minimum absolute atomic E-state index is 0.128. The maximum atomic E-state index is 12.2. The number of fused-ring (bicyclic) bond motifs is 1. The first-order valence-electron chi connectivity index (χ1n) is 6.34. The van der Waals surface area contributed by atoms with Crippen molar-refractivity contribution >= 4 is 21.4 Å². The van der Waals surface area contributed by atoms with Gasteiger partial charge in [0.1, 0.15) is 0 Å². The molecule has 0 saturated heterocycles. The van der Waals surface area contributed by atoms with E-state index in [0.717, 1.165) is 12.0 Å². The van der Waals surface area contributed by atoms with Crippen LogP contribution in [0.5, 0.6) is 0 Å². The molecule has 18 heavy (non-hydrogen) atoms. The Hall–Kier alpha value is -0.580. The van der Waals surface area contributed by atoms with Crippen LogP contribution in [-0.4, -0.2) is 20.2 Å². The van der Waals surface area contributed by atoms with Gasteiger partial charge in [-0.2, -0.15) is 0 Å². The molecule has 3 nitrogen and oxygen atoms in total. The third kappa shape index (κ3) is 2.42. The smallest absolute Gasteiger partial charge is 0.178 e. The van der Waals surface area contributed by atoms with Crippen LogP contribution < -0.4 is 5.32 Å². The second kappa shape index (κ2) is 4.51. The number of halogens is 1. The largest absolute Gasteiger partial charge is 0.307 e. The zero-order valence-corrected chi connectivity index (χ0v) is 11.6. The average Bonchev–Trinajstić information content (AvgIpc) is 3.10. The molecule has 1 fully saturated rings. The molecule has 1 heterocycles.